The summed E-state index contributed by atoms with van der Waals surface area (Å²) >= 11 is 0. The van der Waals surface area contributed by atoms with E-state index >= 15 is 0 Å². The van der Waals surface area contributed by atoms with Gasteiger partial charge < -0.3 is 30.3 Å². The van der Waals surface area contributed by atoms with Gasteiger partial charge in [-0.2, -0.15) is 0 Å². The van der Waals surface area contributed by atoms with Crippen LogP contribution in [0.15, 0.2) is 18.2 Å². The number of para-hydroxylation sites is 1. The molecule has 2 atom stereocenters. The lowest BCUT2D eigenvalue weighted by molar-refractivity contribution is -0.688. The van der Waals surface area contributed by atoms with Crippen molar-refractivity contribution in [2.45, 2.75) is 71.8 Å². The van der Waals surface area contributed by atoms with Gasteiger partial charge in [0.1, 0.15) is 38.5 Å². The number of hydrogen-bond acceptors (Lipinski definition) is 4. The average Bonchev–Trinajstić information content (AvgIpc) is 2.61. The van der Waals surface area contributed by atoms with E-state index in [9.17, 15) is 10.2 Å². The number of nitrogens with two attached hydrogens (primary N) is 2. The third kappa shape index (κ3) is 9.42. The van der Waals surface area contributed by atoms with Gasteiger partial charge in [-0.3, -0.25) is 0 Å². The lowest BCUT2D eigenvalue weighted by atomic mass is 10.0. The van der Waals surface area contributed by atoms with Crippen molar-refractivity contribution < 1.29 is 30.3 Å². The van der Waals surface area contributed by atoms with Gasteiger partial charge in [0.25, 0.3) is 0 Å². The number of rotatable bonds is 13. The number of aliphatic hydroxyl groups is 2. The molecule has 0 radical (unpaired) electrons. The van der Waals surface area contributed by atoms with Gasteiger partial charge in [-0.05, 0) is 39.7 Å². The molecule has 156 valence electrons. The standard InChI is InChI=1S/C21H38N2O4/c1-14(2)19-8-7-9-20(26-12-17(24)10-22-15(3)4)21(19)27-13-18(25)11-23-16(5)6/h7-9,14-18,22-25H,10-13H2,1-6H3/p+2/t17-,18-/m0/s1. The summed E-state index contributed by atoms with van der Waals surface area (Å²) in [7, 11) is 0. The van der Waals surface area contributed by atoms with Crippen LogP contribution in [0, 0.1) is 0 Å². The van der Waals surface area contributed by atoms with Gasteiger partial charge in [-0.1, -0.05) is 26.0 Å². The number of hydrogen-bond donors (Lipinski definition) is 4. The fourth-order valence-electron chi connectivity index (χ4n) is 2.62. The highest BCUT2D eigenvalue weighted by Crippen LogP contribution is 2.35. The van der Waals surface area contributed by atoms with Gasteiger partial charge in [0.15, 0.2) is 11.5 Å². The fraction of sp³-hybridized carbons (Fsp3) is 0.714. The minimum atomic E-state index is -0.549. The summed E-state index contributed by atoms with van der Waals surface area (Å²) in [5.41, 5.74) is 1.04. The smallest absolute Gasteiger partial charge is 0.164 e. The highest BCUT2D eigenvalue weighted by Gasteiger charge is 2.18. The summed E-state index contributed by atoms with van der Waals surface area (Å²) in [6.07, 6.45) is -1.10. The van der Waals surface area contributed by atoms with Crippen LogP contribution in [-0.4, -0.2) is 60.8 Å². The zero-order valence-corrected chi connectivity index (χ0v) is 17.8. The first-order valence-corrected chi connectivity index (χ1v) is 10.1. The van der Waals surface area contributed by atoms with Crippen LogP contribution in [0.25, 0.3) is 0 Å². The Morgan fingerprint density at radius 1 is 0.815 bits per heavy atom. The molecule has 0 aliphatic heterocycles. The van der Waals surface area contributed by atoms with Crippen LogP contribution in [0.2, 0.25) is 0 Å². The van der Waals surface area contributed by atoms with Gasteiger partial charge in [0.05, 0.1) is 12.1 Å². The maximum Gasteiger partial charge on any atom is 0.164 e. The molecule has 0 saturated heterocycles. The summed E-state index contributed by atoms with van der Waals surface area (Å²) in [6.45, 7) is 14.2. The summed E-state index contributed by atoms with van der Waals surface area (Å²) in [5, 5.41) is 24.5. The Labute approximate surface area is 164 Å². The molecule has 0 fully saturated rings. The molecule has 6 nitrogen and oxygen atoms in total. The molecule has 0 saturated carbocycles. The molecule has 6 heteroatoms. The normalized spacial score (nSPS) is 14.0. The minimum absolute atomic E-state index is 0.213. The van der Waals surface area contributed by atoms with Crippen LogP contribution in [0.1, 0.15) is 53.0 Å². The summed E-state index contributed by atoms with van der Waals surface area (Å²) in [5.74, 6) is 1.54. The van der Waals surface area contributed by atoms with Gasteiger partial charge in [-0.15, -0.1) is 0 Å². The molecule has 1 aromatic rings. The van der Waals surface area contributed by atoms with E-state index in [1.165, 1.54) is 0 Å². The predicted molar refractivity (Wildman–Crippen MR) is 107 cm³/mol. The number of ether oxygens (including phenoxy) is 2. The van der Waals surface area contributed by atoms with Crippen molar-refractivity contribution in [1.82, 2.24) is 0 Å². The van der Waals surface area contributed by atoms with Crippen molar-refractivity contribution in [3.05, 3.63) is 23.8 Å². The summed E-state index contributed by atoms with van der Waals surface area (Å²) in [4.78, 5) is 0. The van der Waals surface area contributed by atoms with Crippen LogP contribution in [0.5, 0.6) is 11.5 Å². The second kappa shape index (κ2) is 12.2. The van der Waals surface area contributed by atoms with Crippen molar-refractivity contribution >= 4 is 0 Å². The van der Waals surface area contributed by atoms with Crippen molar-refractivity contribution in [2.24, 2.45) is 0 Å². The van der Waals surface area contributed by atoms with Crippen LogP contribution < -0.4 is 20.1 Å². The van der Waals surface area contributed by atoms with Gasteiger partial charge in [0.2, 0.25) is 0 Å². The van der Waals surface area contributed by atoms with Gasteiger partial charge in [-0.25, -0.2) is 0 Å². The third-order valence-electron chi connectivity index (χ3n) is 4.24. The van der Waals surface area contributed by atoms with Crippen molar-refractivity contribution in [3.63, 3.8) is 0 Å². The van der Waals surface area contributed by atoms with E-state index in [4.69, 9.17) is 9.47 Å². The molecule has 1 rings (SSSR count). The maximum atomic E-state index is 10.2. The highest BCUT2D eigenvalue weighted by atomic mass is 16.5. The second-order valence-corrected chi connectivity index (χ2v) is 8.19. The van der Waals surface area contributed by atoms with E-state index in [1.54, 1.807) is 0 Å². The molecule has 0 bridgehead atoms. The Balaban J connectivity index is 2.75. The van der Waals surface area contributed by atoms with Crippen molar-refractivity contribution in [2.75, 3.05) is 26.3 Å². The predicted octanol–water partition coefficient (Wildman–Crippen LogP) is 0.233. The van der Waals surface area contributed by atoms with E-state index in [2.05, 4.69) is 52.2 Å². The SMILES string of the molecule is CC(C)[NH2+]C[C@H](O)COc1cccc(C(C)C)c1OC[C@@H](O)C[NH2+]C(C)C. The Kier molecular flexibility index (Phi) is 10.7. The first-order valence-electron chi connectivity index (χ1n) is 10.1. The molecule has 6 N–H and O–H groups in total. The van der Waals surface area contributed by atoms with Crippen molar-refractivity contribution in [3.8, 4) is 11.5 Å². The monoisotopic (exact) mass is 384 g/mol. The molecule has 0 aliphatic carbocycles. The minimum Gasteiger partial charge on any atom is -0.487 e. The Hall–Kier alpha value is -1.34. The lowest BCUT2D eigenvalue weighted by Crippen LogP contribution is -2.90. The molecule has 0 aromatic heterocycles. The average molecular weight is 385 g/mol. The molecule has 0 aliphatic rings. The molecule has 0 amide bonds. The molecule has 0 unspecified atom stereocenters. The molecular formula is C21H40N2O4+2. The summed E-state index contributed by atoms with van der Waals surface area (Å²) < 4.78 is 11.8. The number of aliphatic hydroxyl groups excluding tert-OH is 2. The number of benzene rings is 1. The van der Waals surface area contributed by atoms with E-state index in [1.807, 2.05) is 18.2 Å². The molecule has 1 aromatic carbocycles. The van der Waals surface area contributed by atoms with E-state index in [-0.39, 0.29) is 19.1 Å². The lowest BCUT2D eigenvalue weighted by Gasteiger charge is -2.20. The first-order chi connectivity index (χ1) is 12.7. The van der Waals surface area contributed by atoms with Crippen LogP contribution in [0.3, 0.4) is 0 Å². The Morgan fingerprint density at radius 3 is 1.81 bits per heavy atom. The summed E-state index contributed by atoms with van der Waals surface area (Å²) in [6, 6.07) is 6.68. The Bertz CT molecular complexity index is 535. The molecular weight excluding hydrogens is 344 g/mol. The van der Waals surface area contributed by atoms with Gasteiger partial charge >= 0.3 is 0 Å². The van der Waals surface area contributed by atoms with Crippen molar-refractivity contribution in [1.29, 1.82) is 0 Å². The van der Waals surface area contributed by atoms with Gasteiger partial charge in [0, 0.05) is 5.56 Å². The van der Waals surface area contributed by atoms with Crippen LogP contribution in [0.4, 0.5) is 0 Å². The zero-order valence-electron chi connectivity index (χ0n) is 17.8. The van der Waals surface area contributed by atoms with E-state index in [0.717, 1.165) is 5.56 Å². The highest BCUT2D eigenvalue weighted by molar-refractivity contribution is 5.48. The van der Waals surface area contributed by atoms with E-state index < -0.39 is 12.2 Å². The van der Waals surface area contributed by atoms with Crippen LogP contribution in [-0.2, 0) is 0 Å². The molecule has 27 heavy (non-hydrogen) atoms. The quantitative estimate of drug-likeness (QED) is 0.392. The third-order valence-corrected chi connectivity index (χ3v) is 4.24. The second-order valence-electron chi connectivity index (χ2n) is 8.19. The largest absolute Gasteiger partial charge is 0.487 e. The molecule has 0 heterocycles. The topological polar surface area (TPSA) is 92.1 Å². The Morgan fingerprint density at radius 2 is 1.33 bits per heavy atom. The van der Waals surface area contributed by atoms with E-state index in [0.29, 0.717) is 36.7 Å². The zero-order chi connectivity index (χ0) is 20.4. The maximum absolute atomic E-state index is 10.2. The first kappa shape index (κ1) is 23.7. The number of quaternary nitrogens is 2. The fourth-order valence-corrected chi connectivity index (χ4v) is 2.62. The van der Waals surface area contributed by atoms with Crippen LogP contribution >= 0.6 is 0 Å². The molecule has 0 spiro atoms.